The normalized spacial score (nSPS) is 12.5. The molecule has 0 bridgehead atoms. The van der Waals surface area contributed by atoms with E-state index in [1.165, 1.54) is 6.92 Å². The van der Waals surface area contributed by atoms with Crippen molar-refractivity contribution in [1.29, 1.82) is 0 Å². The van der Waals surface area contributed by atoms with E-state index in [1.807, 2.05) is 233 Å². The second-order valence-corrected chi connectivity index (χ2v) is 41.4. The maximum atomic E-state index is 12.1. The summed E-state index contributed by atoms with van der Waals surface area (Å²) in [6.45, 7) is 48.7. The summed E-state index contributed by atoms with van der Waals surface area (Å²) in [5, 5.41) is 45.5. The zero-order chi connectivity index (χ0) is 101. The van der Waals surface area contributed by atoms with Crippen LogP contribution in [0.1, 0.15) is 198 Å². The maximum absolute atomic E-state index is 12.1. The molecular formula is C111H136ClN17O11S. The number of ketones is 4. The average molecular weight is 1950 g/mol. The van der Waals surface area contributed by atoms with Crippen LogP contribution in [-0.2, 0) is 105 Å². The van der Waals surface area contributed by atoms with Crippen molar-refractivity contribution < 1.29 is 52.3 Å². The van der Waals surface area contributed by atoms with E-state index in [-0.39, 0.29) is 79.3 Å². The Morgan fingerprint density at radius 3 is 1.28 bits per heavy atom. The molecule has 30 heteroatoms. The predicted molar refractivity (Wildman–Crippen MR) is 562 cm³/mol. The monoisotopic (exact) mass is 1950 g/mol. The van der Waals surface area contributed by atoms with E-state index >= 15 is 0 Å². The van der Waals surface area contributed by atoms with Gasteiger partial charge in [-0.25, -0.2) is 14.0 Å². The van der Waals surface area contributed by atoms with Gasteiger partial charge in [0.25, 0.3) is 0 Å². The average Bonchev–Trinajstić information content (AvgIpc) is 1.62. The summed E-state index contributed by atoms with van der Waals surface area (Å²) in [5.41, 5.74) is 17.0. The van der Waals surface area contributed by atoms with Crippen LogP contribution in [0.3, 0.4) is 0 Å². The number of carbonyl (C=O) groups excluding carboxylic acids is 4. The first-order valence-electron chi connectivity index (χ1n) is 47.5. The van der Waals surface area contributed by atoms with Gasteiger partial charge in [-0.15, -0.1) is 5.10 Å². The van der Waals surface area contributed by atoms with Crippen LogP contribution in [0.15, 0.2) is 207 Å². The third kappa shape index (κ3) is 26.6. The Hall–Kier alpha value is -13.0. The van der Waals surface area contributed by atoms with Gasteiger partial charge < -0.3 is 33.2 Å². The highest BCUT2D eigenvalue weighted by atomic mass is 35.5. The molecule has 8 aromatic carbocycles. The second-order valence-electron chi connectivity index (χ2n) is 41.0. The van der Waals surface area contributed by atoms with Crippen LogP contribution in [0.25, 0.3) is 100 Å². The van der Waals surface area contributed by atoms with Crippen LogP contribution in [0.4, 0.5) is 0 Å². The Morgan fingerprint density at radius 1 is 0.383 bits per heavy atom. The lowest BCUT2D eigenvalue weighted by Crippen LogP contribution is -2.35. The molecule has 16 rings (SSSR count). The minimum absolute atomic E-state index is 0. The number of fused-ring (bicyclic) bond motifs is 4. The minimum Gasteiger partial charge on any atom is -0.493 e. The summed E-state index contributed by atoms with van der Waals surface area (Å²) < 4.78 is 57.4. The lowest BCUT2D eigenvalue weighted by Gasteiger charge is -2.25. The number of hydrogen-bond acceptors (Lipinski definition) is 20. The molecule has 141 heavy (non-hydrogen) atoms. The Bertz CT molecular complexity index is 7120. The number of aromatic nitrogens is 17. The summed E-state index contributed by atoms with van der Waals surface area (Å²) in [7, 11) is 5.76. The van der Waals surface area contributed by atoms with E-state index in [0.717, 1.165) is 158 Å². The number of nitrogens with zero attached hydrogens (tertiary/aromatic N) is 17. The van der Waals surface area contributed by atoms with Gasteiger partial charge in [-0.3, -0.25) is 42.6 Å². The number of aryl methyl sites for hydroxylation is 5. The Balaban J connectivity index is 0.000000168. The SMILES string of the molecule is CC(=O)C(C)(C)OCc1cc(-c2cccc(OCC(C)(C)C)c2)n(-c2cccc3c(C)nn(C)c23)n1.CC(=O)C(C)(C)OCc1cc(-c2cccc(OCC(C)(C)C)c2)n(-c2cccc3nnn(C)c23)n1.CC(=O)C(C)(C)OCc1cc(-c2cccc(OCC(C)(C)C)c2)n(Cc2cccc3cnn(C)c23)n1.CCn1ncc2ccc(-c3cc(CO[C@@](C)(CC)C(C)=O)nn3Cc3ccccc3Cl)cc21.S. The standard InChI is InChI=1S/2C29H36N4O3.C27H33N5O3.C26H29ClN4O2.H2S/c1-19-24-13-10-14-25(27(24)32(8)30-19)33-26(16-22(31-33)17-36-29(6,7)20(2)34)21-11-9-12-23(15-21)35-18-28(3,4)5;1-20(34)29(5,6)36-18-24-15-26(21-10-9-13-25(14-21)35-19-28(2,3)4)33(31-24)17-23-12-8-11-22-16-30-32(7)27(22)23;1-18(33)27(5,6)35-16-20-15-24(19-10-8-11-21(14-19)34-17-26(2,3)4)32(29-20)23-13-9-12-22-25(23)31(7)30-28-22;1-5-26(4,18(3)32)33-17-22-14-25(31(29-22)16-21-9-7-8-10-23(21)27)19-11-12-20-15-28-30(6-2)24(20)13-19;/h9-16H,17-18H2,1-8H3;8-16H,17-19H2,1-7H3;8-15H,16-17H2,1-7H3;7-15H,5-6,16-17H2,1-4H3;1H2/t;;;26-;/m...0./s1. The van der Waals surface area contributed by atoms with E-state index in [9.17, 15) is 19.2 Å². The molecule has 0 radical (unpaired) electrons. The number of Topliss-reactive ketones (excluding diaryl/α,β-unsaturated/α-hetero) is 4. The van der Waals surface area contributed by atoms with Gasteiger partial charge in [0.15, 0.2) is 23.1 Å². The van der Waals surface area contributed by atoms with Crippen LogP contribution < -0.4 is 14.2 Å². The van der Waals surface area contributed by atoms with Gasteiger partial charge in [-0.1, -0.05) is 189 Å². The number of hydrogen-bond donors (Lipinski definition) is 0. The van der Waals surface area contributed by atoms with Crippen LogP contribution in [-0.4, -0.2) is 149 Å². The number of halogens is 1. The molecule has 0 unspecified atom stereocenters. The van der Waals surface area contributed by atoms with E-state index in [2.05, 4.69) is 143 Å². The number of benzene rings is 8. The minimum atomic E-state index is -0.892. The lowest BCUT2D eigenvalue weighted by atomic mass is 9.98. The van der Waals surface area contributed by atoms with Gasteiger partial charge in [0.2, 0.25) is 0 Å². The predicted octanol–water partition coefficient (Wildman–Crippen LogP) is 23.0. The van der Waals surface area contributed by atoms with Gasteiger partial charge in [-0.05, 0) is 215 Å². The molecule has 1 atom stereocenters. The zero-order valence-electron chi connectivity index (χ0n) is 86.4. The third-order valence-corrected chi connectivity index (χ3v) is 25.0. The fourth-order valence-corrected chi connectivity index (χ4v) is 15.5. The molecular weight excluding hydrogens is 1810 g/mol. The molecule has 8 heterocycles. The first-order chi connectivity index (χ1) is 66.1. The molecule has 16 aromatic rings. The molecule has 0 aliphatic rings. The second kappa shape index (κ2) is 44.4. The van der Waals surface area contributed by atoms with E-state index in [4.69, 9.17) is 65.2 Å². The van der Waals surface area contributed by atoms with Crippen molar-refractivity contribution >= 4 is 92.0 Å². The van der Waals surface area contributed by atoms with Crippen molar-refractivity contribution in [2.24, 2.45) is 37.4 Å². The number of carbonyl (C=O) groups is 4. The highest BCUT2D eigenvalue weighted by Crippen LogP contribution is 2.38. The fraction of sp³-hybridized carbons (Fsp3) is 0.396. The van der Waals surface area contributed by atoms with Gasteiger partial charge in [-0.2, -0.15) is 49.2 Å². The molecule has 0 fully saturated rings. The Kier molecular flexibility index (Phi) is 33.7. The quantitative estimate of drug-likeness (QED) is 0.0362. The van der Waals surface area contributed by atoms with Gasteiger partial charge in [0.1, 0.15) is 50.7 Å². The van der Waals surface area contributed by atoms with Crippen LogP contribution in [0, 0.1) is 23.2 Å². The maximum Gasteiger partial charge on any atom is 0.161 e. The lowest BCUT2D eigenvalue weighted by molar-refractivity contribution is -0.142. The molecule has 744 valence electrons. The summed E-state index contributed by atoms with van der Waals surface area (Å²) in [6, 6.07) is 64.5. The molecule has 0 saturated heterocycles. The van der Waals surface area contributed by atoms with Crippen molar-refractivity contribution in [3.63, 3.8) is 0 Å². The van der Waals surface area contributed by atoms with Crippen molar-refractivity contribution in [1.82, 2.24) is 83.5 Å². The Morgan fingerprint density at radius 2 is 0.809 bits per heavy atom. The summed E-state index contributed by atoms with van der Waals surface area (Å²) in [6.07, 6.45) is 4.37. The summed E-state index contributed by atoms with van der Waals surface area (Å²) in [5.74, 6) is 2.35. The molecule has 28 nitrogen and oxygen atoms in total. The third-order valence-electron chi connectivity index (χ3n) is 24.6. The van der Waals surface area contributed by atoms with Crippen molar-refractivity contribution in [3.8, 4) is 73.7 Å². The van der Waals surface area contributed by atoms with Crippen molar-refractivity contribution in [3.05, 3.63) is 251 Å². The van der Waals surface area contributed by atoms with Crippen molar-refractivity contribution in [2.45, 2.75) is 234 Å². The van der Waals surface area contributed by atoms with Gasteiger partial charge >= 0.3 is 0 Å². The van der Waals surface area contributed by atoms with Crippen LogP contribution >= 0.6 is 25.1 Å². The first kappa shape index (κ1) is 107. The molecule has 0 aliphatic carbocycles. The first-order valence-corrected chi connectivity index (χ1v) is 47.9. The van der Waals surface area contributed by atoms with Crippen molar-refractivity contribution in [2.75, 3.05) is 19.8 Å². The van der Waals surface area contributed by atoms with Gasteiger partial charge in [0, 0.05) is 71.1 Å². The smallest absolute Gasteiger partial charge is 0.161 e. The molecule has 0 aliphatic heterocycles. The highest BCUT2D eigenvalue weighted by molar-refractivity contribution is 7.59. The number of para-hydroxylation sites is 3. The summed E-state index contributed by atoms with van der Waals surface area (Å²) in [4.78, 5) is 48.0. The fourth-order valence-electron chi connectivity index (χ4n) is 15.3. The van der Waals surface area contributed by atoms with E-state index in [0.29, 0.717) is 50.0 Å². The molecule has 0 saturated carbocycles. The Labute approximate surface area is 838 Å². The summed E-state index contributed by atoms with van der Waals surface area (Å²) >= 11 is 6.44. The highest BCUT2D eigenvalue weighted by Gasteiger charge is 2.33. The molecule has 0 spiro atoms. The van der Waals surface area contributed by atoms with Crippen LogP contribution in [0.2, 0.25) is 5.02 Å². The molecule has 0 N–H and O–H groups in total. The van der Waals surface area contributed by atoms with E-state index < -0.39 is 22.4 Å². The number of rotatable bonds is 34. The largest absolute Gasteiger partial charge is 0.493 e. The van der Waals surface area contributed by atoms with Crippen LogP contribution in [0.5, 0.6) is 17.2 Å². The number of ether oxygens (including phenoxy) is 7. The zero-order valence-corrected chi connectivity index (χ0v) is 88.1. The molecule has 0 amide bonds. The topological polar surface area (TPSA) is 288 Å². The van der Waals surface area contributed by atoms with Gasteiger partial charge in [0.05, 0.1) is 151 Å². The van der Waals surface area contributed by atoms with E-state index in [1.54, 1.807) is 67.0 Å². The molecule has 8 aromatic heterocycles.